The van der Waals surface area contributed by atoms with Crippen molar-refractivity contribution in [1.29, 1.82) is 5.26 Å². The van der Waals surface area contributed by atoms with Crippen LogP contribution in [0.25, 0.3) is 37.9 Å². The van der Waals surface area contributed by atoms with Gasteiger partial charge in [0.25, 0.3) is 0 Å². The number of aryl methyl sites for hydroxylation is 1. The van der Waals surface area contributed by atoms with Gasteiger partial charge in [-0.25, -0.2) is 9.97 Å². The standard InChI is InChI=1S/C23H18N6OS2/c1-3-29-17-10-6-4-8-14(17)19-21(29)26-23(28-27-19)31-13(2)20(30)15(12-24)22-25-16-9-5-7-11-18(16)32-22/h4-11,13,30H,3H2,1-2H3/b20-15-. The lowest BCUT2D eigenvalue weighted by atomic mass is 10.2. The monoisotopic (exact) mass is 458 g/mol. The zero-order chi connectivity index (χ0) is 22.2. The lowest BCUT2D eigenvalue weighted by Gasteiger charge is -2.10. The van der Waals surface area contributed by atoms with Crippen LogP contribution in [0.1, 0.15) is 18.9 Å². The number of thiazole rings is 1. The van der Waals surface area contributed by atoms with Crippen LogP contribution in [0.5, 0.6) is 0 Å². The predicted molar refractivity (Wildman–Crippen MR) is 129 cm³/mol. The number of para-hydroxylation sites is 2. The van der Waals surface area contributed by atoms with Crippen molar-refractivity contribution < 1.29 is 5.11 Å². The minimum atomic E-state index is -0.449. The molecule has 0 fully saturated rings. The maximum absolute atomic E-state index is 10.9. The zero-order valence-electron chi connectivity index (χ0n) is 17.4. The topological polar surface area (TPSA) is 101 Å². The van der Waals surface area contributed by atoms with Gasteiger partial charge in [0, 0.05) is 11.9 Å². The molecule has 1 N–H and O–H groups in total. The molecular weight excluding hydrogens is 440 g/mol. The summed E-state index contributed by atoms with van der Waals surface area (Å²) >= 11 is 2.64. The van der Waals surface area contributed by atoms with E-state index in [4.69, 9.17) is 4.98 Å². The molecule has 9 heteroatoms. The molecule has 0 aliphatic rings. The van der Waals surface area contributed by atoms with Gasteiger partial charge in [-0.3, -0.25) is 0 Å². The zero-order valence-corrected chi connectivity index (χ0v) is 19.0. The van der Waals surface area contributed by atoms with Gasteiger partial charge >= 0.3 is 0 Å². The first kappa shape index (κ1) is 20.4. The average Bonchev–Trinajstić information content (AvgIpc) is 3.37. The average molecular weight is 459 g/mol. The van der Waals surface area contributed by atoms with Gasteiger partial charge in [-0.2, -0.15) is 5.26 Å². The number of hydrogen-bond donors (Lipinski definition) is 1. The van der Waals surface area contributed by atoms with Gasteiger partial charge in [-0.05, 0) is 32.0 Å². The molecule has 0 saturated heterocycles. The van der Waals surface area contributed by atoms with Crippen molar-refractivity contribution in [2.45, 2.75) is 30.8 Å². The van der Waals surface area contributed by atoms with Crippen molar-refractivity contribution in [1.82, 2.24) is 24.7 Å². The van der Waals surface area contributed by atoms with Crippen molar-refractivity contribution in [3.63, 3.8) is 0 Å². The van der Waals surface area contributed by atoms with Crippen molar-refractivity contribution >= 4 is 61.0 Å². The summed E-state index contributed by atoms with van der Waals surface area (Å²) in [6, 6.07) is 17.8. The molecule has 7 nitrogen and oxygen atoms in total. The summed E-state index contributed by atoms with van der Waals surface area (Å²) in [5.41, 5.74) is 3.55. The largest absolute Gasteiger partial charge is 0.510 e. The molecule has 32 heavy (non-hydrogen) atoms. The molecule has 0 saturated carbocycles. The molecule has 0 amide bonds. The van der Waals surface area contributed by atoms with Gasteiger partial charge in [-0.1, -0.05) is 42.1 Å². The van der Waals surface area contributed by atoms with Crippen molar-refractivity contribution in [3.8, 4) is 6.07 Å². The van der Waals surface area contributed by atoms with E-state index in [2.05, 4.69) is 32.7 Å². The number of rotatable bonds is 5. The molecular formula is C23H18N6OS2. The van der Waals surface area contributed by atoms with Crippen LogP contribution in [-0.4, -0.2) is 35.1 Å². The van der Waals surface area contributed by atoms with E-state index in [1.165, 1.54) is 23.1 Å². The second-order valence-corrected chi connectivity index (χ2v) is 9.49. The van der Waals surface area contributed by atoms with Gasteiger partial charge in [-0.15, -0.1) is 21.5 Å². The van der Waals surface area contributed by atoms with Crippen LogP contribution in [0, 0.1) is 11.3 Å². The predicted octanol–water partition coefficient (Wildman–Crippen LogP) is 5.58. The normalized spacial score (nSPS) is 13.4. The number of nitriles is 1. The highest BCUT2D eigenvalue weighted by Crippen LogP contribution is 2.33. The summed E-state index contributed by atoms with van der Waals surface area (Å²) in [6.07, 6.45) is 0. The Labute approximate surface area is 192 Å². The molecule has 158 valence electrons. The first-order chi connectivity index (χ1) is 15.6. The molecule has 3 heterocycles. The molecule has 0 aliphatic heterocycles. The van der Waals surface area contributed by atoms with E-state index < -0.39 is 5.25 Å². The van der Waals surface area contributed by atoms with E-state index in [1.54, 1.807) is 0 Å². The Hall–Kier alpha value is -3.48. The summed E-state index contributed by atoms with van der Waals surface area (Å²) in [5.74, 6) is -0.0451. The minimum Gasteiger partial charge on any atom is -0.510 e. The first-order valence-corrected chi connectivity index (χ1v) is 11.8. The van der Waals surface area contributed by atoms with Crippen LogP contribution in [0.3, 0.4) is 0 Å². The second kappa shape index (κ2) is 8.22. The number of hydrogen-bond acceptors (Lipinski definition) is 8. The van der Waals surface area contributed by atoms with Crippen LogP contribution in [0.15, 0.2) is 59.4 Å². The molecule has 0 radical (unpaired) electrons. The summed E-state index contributed by atoms with van der Waals surface area (Å²) in [7, 11) is 0. The van der Waals surface area contributed by atoms with E-state index in [-0.39, 0.29) is 11.3 Å². The molecule has 0 aliphatic carbocycles. The van der Waals surface area contributed by atoms with Crippen LogP contribution in [0.4, 0.5) is 0 Å². The lowest BCUT2D eigenvalue weighted by Crippen LogP contribution is -2.06. The third kappa shape index (κ3) is 3.38. The number of fused-ring (bicyclic) bond motifs is 4. The molecule has 0 bridgehead atoms. The molecule has 5 rings (SSSR count). The minimum absolute atomic E-state index is 0.0451. The van der Waals surface area contributed by atoms with E-state index >= 15 is 0 Å². The smallest absolute Gasteiger partial charge is 0.211 e. The summed E-state index contributed by atoms with van der Waals surface area (Å²) in [4.78, 5) is 9.23. The summed E-state index contributed by atoms with van der Waals surface area (Å²) in [6.45, 7) is 4.63. The SMILES string of the molecule is CCn1c2ccccc2c2nnc(SC(C)/C(O)=C(\C#N)c3nc4ccccc4s3)nc21. The Balaban J connectivity index is 1.51. The quantitative estimate of drug-likeness (QED) is 0.208. The van der Waals surface area contributed by atoms with Crippen molar-refractivity contribution in [2.75, 3.05) is 0 Å². The summed E-state index contributed by atoms with van der Waals surface area (Å²) < 4.78 is 3.07. The van der Waals surface area contributed by atoms with Crippen LogP contribution in [0.2, 0.25) is 0 Å². The number of aliphatic hydroxyl groups is 1. The maximum Gasteiger partial charge on any atom is 0.211 e. The highest BCUT2D eigenvalue weighted by atomic mass is 32.2. The van der Waals surface area contributed by atoms with Crippen LogP contribution >= 0.6 is 23.1 Å². The van der Waals surface area contributed by atoms with Crippen molar-refractivity contribution in [3.05, 3.63) is 59.3 Å². The summed E-state index contributed by atoms with van der Waals surface area (Å²) in [5, 5.41) is 30.8. The second-order valence-electron chi connectivity index (χ2n) is 7.15. The Kier molecular flexibility index (Phi) is 5.25. The van der Waals surface area contributed by atoms with E-state index in [1.807, 2.05) is 55.5 Å². The van der Waals surface area contributed by atoms with Gasteiger partial charge < -0.3 is 9.67 Å². The number of allylic oxidation sites excluding steroid dienone is 1. The van der Waals surface area contributed by atoms with Gasteiger partial charge in [0.15, 0.2) is 5.65 Å². The van der Waals surface area contributed by atoms with E-state index in [9.17, 15) is 10.4 Å². The molecule has 1 unspecified atom stereocenters. The Morgan fingerprint density at radius 1 is 1.16 bits per heavy atom. The number of benzene rings is 2. The number of nitrogens with zero attached hydrogens (tertiary/aromatic N) is 6. The van der Waals surface area contributed by atoms with Gasteiger partial charge in [0.2, 0.25) is 5.16 Å². The molecule has 2 aromatic carbocycles. The molecule has 3 aromatic heterocycles. The van der Waals surface area contributed by atoms with E-state index in [0.717, 1.165) is 38.8 Å². The van der Waals surface area contributed by atoms with E-state index in [0.29, 0.717) is 10.2 Å². The molecule has 5 aromatic rings. The highest BCUT2D eigenvalue weighted by molar-refractivity contribution is 7.99. The van der Waals surface area contributed by atoms with Gasteiger partial charge in [0.1, 0.15) is 27.9 Å². The molecule has 1 atom stereocenters. The fraction of sp³-hybridized carbons (Fsp3) is 0.174. The number of thioether (sulfide) groups is 1. The molecule has 0 spiro atoms. The number of aromatic nitrogens is 5. The number of aliphatic hydroxyl groups excluding tert-OH is 1. The fourth-order valence-corrected chi connectivity index (χ4v) is 5.41. The Morgan fingerprint density at radius 2 is 1.94 bits per heavy atom. The first-order valence-electron chi connectivity index (χ1n) is 10.1. The lowest BCUT2D eigenvalue weighted by molar-refractivity contribution is 0.402. The highest BCUT2D eigenvalue weighted by Gasteiger charge is 2.21. The fourth-order valence-electron chi connectivity index (χ4n) is 3.67. The third-order valence-electron chi connectivity index (χ3n) is 5.21. The van der Waals surface area contributed by atoms with Crippen molar-refractivity contribution in [2.24, 2.45) is 0 Å². The van der Waals surface area contributed by atoms with Crippen LogP contribution < -0.4 is 0 Å². The maximum atomic E-state index is 10.9. The Bertz CT molecular complexity index is 1510. The van der Waals surface area contributed by atoms with Crippen LogP contribution in [-0.2, 0) is 6.54 Å². The Morgan fingerprint density at radius 3 is 2.72 bits per heavy atom. The van der Waals surface area contributed by atoms with Gasteiger partial charge in [0.05, 0.1) is 21.0 Å². The third-order valence-corrected chi connectivity index (χ3v) is 7.23.